The first-order valence-electron chi connectivity index (χ1n) is 5.34. The molecular formula is C13H16N2O2. The molecule has 0 heterocycles. The van der Waals surface area contributed by atoms with Gasteiger partial charge in [-0.2, -0.15) is 0 Å². The van der Waals surface area contributed by atoms with Crippen LogP contribution in [-0.2, 0) is 16.0 Å². The van der Waals surface area contributed by atoms with E-state index in [-0.39, 0.29) is 12.5 Å². The molecule has 1 amide bonds. The van der Waals surface area contributed by atoms with Crippen LogP contribution in [-0.4, -0.2) is 25.7 Å². The van der Waals surface area contributed by atoms with Gasteiger partial charge in [-0.05, 0) is 17.7 Å². The molecule has 0 atom stereocenters. The molecule has 0 aromatic heterocycles. The van der Waals surface area contributed by atoms with E-state index in [9.17, 15) is 4.79 Å². The molecule has 0 unspecified atom stereocenters. The van der Waals surface area contributed by atoms with Gasteiger partial charge in [-0.1, -0.05) is 18.1 Å². The van der Waals surface area contributed by atoms with Crippen LogP contribution in [0.1, 0.15) is 5.56 Å². The average molecular weight is 232 g/mol. The predicted octanol–water partition coefficient (Wildman–Crippen LogP) is 0.577. The lowest BCUT2D eigenvalue weighted by Gasteiger charge is -2.05. The summed E-state index contributed by atoms with van der Waals surface area (Å²) in [5.41, 5.74) is 7.17. The van der Waals surface area contributed by atoms with Crippen molar-refractivity contribution < 1.29 is 9.53 Å². The normalized spacial score (nSPS) is 9.59. The first-order valence-corrected chi connectivity index (χ1v) is 5.34. The molecule has 0 radical (unpaired) electrons. The number of amides is 1. The van der Waals surface area contributed by atoms with Gasteiger partial charge >= 0.3 is 0 Å². The molecule has 0 aliphatic carbocycles. The maximum atomic E-state index is 11.5. The van der Waals surface area contributed by atoms with Gasteiger partial charge in [0.05, 0.1) is 13.0 Å². The number of anilines is 1. The van der Waals surface area contributed by atoms with Crippen LogP contribution in [0.25, 0.3) is 0 Å². The summed E-state index contributed by atoms with van der Waals surface area (Å²) in [7, 11) is 0. The molecule has 1 aromatic rings. The number of nitrogens with one attached hydrogen (secondary N) is 1. The quantitative estimate of drug-likeness (QED) is 0.428. The van der Waals surface area contributed by atoms with Gasteiger partial charge in [-0.15, -0.1) is 6.42 Å². The molecule has 0 aliphatic heterocycles. The van der Waals surface area contributed by atoms with Crippen molar-refractivity contribution in [1.29, 1.82) is 0 Å². The Balaban J connectivity index is 2.21. The lowest BCUT2D eigenvalue weighted by Crippen LogP contribution is -2.28. The number of carbonyl (C=O) groups is 1. The van der Waals surface area contributed by atoms with Gasteiger partial charge in [0.2, 0.25) is 5.91 Å². The van der Waals surface area contributed by atoms with E-state index in [1.807, 2.05) is 12.1 Å². The molecule has 0 bridgehead atoms. The molecule has 90 valence electrons. The highest BCUT2D eigenvalue weighted by Crippen LogP contribution is 2.05. The highest BCUT2D eigenvalue weighted by atomic mass is 16.5. The summed E-state index contributed by atoms with van der Waals surface area (Å²) in [5.74, 6) is 2.31. The topological polar surface area (TPSA) is 64.3 Å². The Morgan fingerprint density at radius 1 is 1.41 bits per heavy atom. The molecule has 1 rings (SSSR count). The van der Waals surface area contributed by atoms with Gasteiger partial charge in [0, 0.05) is 12.2 Å². The third kappa shape index (κ3) is 5.59. The Kier molecular flexibility index (Phi) is 5.62. The van der Waals surface area contributed by atoms with Crippen LogP contribution < -0.4 is 11.1 Å². The first kappa shape index (κ1) is 13.1. The van der Waals surface area contributed by atoms with Crippen molar-refractivity contribution >= 4 is 11.6 Å². The monoisotopic (exact) mass is 232 g/mol. The minimum atomic E-state index is -0.0425. The number of hydrogen-bond donors (Lipinski definition) is 2. The number of rotatable bonds is 6. The Bertz CT molecular complexity index is 393. The molecule has 0 aliphatic rings. The van der Waals surface area contributed by atoms with Gasteiger partial charge in [-0.3, -0.25) is 4.79 Å². The maximum Gasteiger partial charge on any atom is 0.224 e. The van der Waals surface area contributed by atoms with Crippen LogP contribution in [0, 0.1) is 12.3 Å². The minimum absolute atomic E-state index is 0.0425. The van der Waals surface area contributed by atoms with Crippen LogP contribution in [0.15, 0.2) is 24.3 Å². The van der Waals surface area contributed by atoms with Gasteiger partial charge in [0.1, 0.15) is 6.61 Å². The van der Waals surface area contributed by atoms with Crippen LogP contribution in [0.2, 0.25) is 0 Å². The fraction of sp³-hybridized carbons (Fsp3) is 0.308. The number of ether oxygens (including phenoxy) is 1. The van der Waals surface area contributed by atoms with Gasteiger partial charge < -0.3 is 15.8 Å². The summed E-state index contributed by atoms with van der Waals surface area (Å²) in [6.07, 6.45) is 5.36. The van der Waals surface area contributed by atoms with Crippen molar-refractivity contribution in [2.24, 2.45) is 0 Å². The van der Waals surface area contributed by atoms with Crippen molar-refractivity contribution in [2.75, 3.05) is 25.5 Å². The Morgan fingerprint density at radius 2 is 2.12 bits per heavy atom. The highest BCUT2D eigenvalue weighted by molar-refractivity contribution is 5.78. The average Bonchev–Trinajstić information content (AvgIpc) is 2.32. The number of hydrogen-bond acceptors (Lipinski definition) is 3. The smallest absolute Gasteiger partial charge is 0.224 e. The largest absolute Gasteiger partial charge is 0.399 e. The van der Waals surface area contributed by atoms with Crippen LogP contribution in [0.5, 0.6) is 0 Å². The lowest BCUT2D eigenvalue weighted by atomic mass is 10.1. The number of nitrogen functional groups attached to an aromatic ring is 1. The maximum absolute atomic E-state index is 11.5. The van der Waals surface area contributed by atoms with E-state index >= 15 is 0 Å². The van der Waals surface area contributed by atoms with E-state index in [0.717, 1.165) is 5.56 Å². The molecule has 4 heteroatoms. The molecule has 4 nitrogen and oxygen atoms in total. The molecule has 0 fully saturated rings. The fourth-order valence-electron chi connectivity index (χ4n) is 1.28. The fourth-order valence-corrected chi connectivity index (χ4v) is 1.28. The number of carbonyl (C=O) groups excluding carboxylic acids is 1. The summed E-state index contributed by atoms with van der Waals surface area (Å²) in [6, 6.07) is 7.23. The van der Waals surface area contributed by atoms with E-state index in [4.69, 9.17) is 16.9 Å². The zero-order valence-electron chi connectivity index (χ0n) is 9.61. The Labute approximate surface area is 101 Å². The zero-order valence-corrected chi connectivity index (χ0v) is 9.61. The van der Waals surface area contributed by atoms with Crippen molar-refractivity contribution in [3.8, 4) is 12.3 Å². The van der Waals surface area contributed by atoms with Crippen molar-refractivity contribution in [3.05, 3.63) is 29.8 Å². The van der Waals surface area contributed by atoms with Crippen LogP contribution in [0.4, 0.5) is 5.69 Å². The van der Waals surface area contributed by atoms with E-state index < -0.39 is 0 Å². The number of terminal acetylenes is 1. The van der Waals surface area contributed by atoms with E-state index in [0.29, 0.717) is 25.3 Å². The second-order valence-corrected chi connectivity index (χ2v) is 3.53. The second kappa shape index (κ2) is 7.31. The molecule has 17 heavy (non-hydrogen) atoms. The molecule has 1 aromatic carbocycles. The standard InChI is InChI=1S/C13H16N2O2/c1-2-8-17-9-7-15-13(16)10-11-3-5-12(14)6-4-11/h1,3-6H,7-10,14H2,(H,15,16). The van der Waals surface area contributed by atoms with E-state index in [1.54, 1.807) is 12.1 Å². The molecular weight excluding hydrogens is 216 g/mol. The summed E-state index contributed by atoms with van der Waals surface area (Å²) in [4.78, 5) is 11.5. The number of benzene rings is 1. The van der Waals surface area contributed by atoms with E-state index in [1.165, 1.54) is 0 Å². The predicted molar refractivity (Wildman–Crippen MR) is 67.2 cm³/mol. The highest BCUT2D eigenvalue weighted by Gasteiger charge is 2.02. The second-order valence-electron chi connectivity index (χ2n) is 3.53. The van der Waals surface area contributed by atoms with Gasteiger partial charge in [0.15, 0.2) is 0 Å². The van der Waals surface area contributed by atoms with Gasteiger partial charge in [-0.25, -0.2) is 0 Å². The third-order valence-electron chi connectivity index (χ3n) is 2.10. The zero-order chi connectivity index (χ0) is 12.5. The SMILES string of the molecule is C#CCOCCNC(=O)Cc1ccc(N)cc1. The first-order chi connectivity index (χ1) is 8.22. The Morgan fingerprint density at radius 3 is 2.76 bits per heavy atom. The summed E-state index contributed by atoms with van der Waals surface area (Å²) in [6.45, 7) is 1.17. The number of nitrogens with two attached hydrogens (primary N) is 1. The Hall–Kier alpha value is -1.99. The molecule has 0 spiro atoms. The van der Waals surface area contributed by atoms with Crippen LogP contribution in [0.3, 0.4) is 0 Å². The van der Waals surface area contributed by atoms with Crippen molar-refractivity contribution in [1.82, 2.24) is 5.32 Å². The third-order valence-corrected chi connectivity index (χ3v) is 2.10. The van der Waals surface area contributed by atoms with E-state index in [2.05, 4.69) is 11.2 Å². The molecule has 3 N–H and O–H groups in total. The lowest BCUT2D eigenvalue weighted by molar-refractivity contribution is -0.120. The van der Waals surface area contributed by atoms with Gasteiger partial charge in [0.25, 0.3) is 0 Å². The molecule has 0 saturated heterocycles. The molecule has 0 saturated carbocycles. The minimum Gasteiger partial charge on any atom is -0.399 e. The summed E-state index contributed by atoms with van der Waals surface area (Å²) in [5, 5.41) is 2.74. The van der Waals surface area contributed by atoms with Crippen molar-refractivity contribution in [3.63, 3.8) is 0 Å². The van der Waals surface area contributed by atoms with Crippen LogP contribution >= 0.6 is 0 Å². The summed E-state index contributed by atoms with van der Waals surface area (Å²) >= 11 is 0. The summed E-state index contributed by atoms with van der Waals surface area (Å²) < 4.78 is 5.03. The van der Waals surface area contributed by atoms with Crippen molar-refractivity contribution in [2.45, 2.75) is 6.42 Å².